The summed E-state index contributed by atoms with van der Waals surface area (Å²) >= 11 is 0. The number of aromatic nitrogens is 2. The molecular weight excluding hydrogens is 186 g/mol. The number of hydrogen-bond acceptors (Lipinski definition) is 2. The highest BCUT2D eigenvalue weighted by atomic mass is 15.3. The molecule has 0 fully saturated rings. The van der Waals surface area contributed by atoms with Crippen molar-refractivity contribution in [2.75, 3.05) is 6.54 Å². The van der Waals surface area contributed by atoms with E-state index in [0.29, 0.717) is 12.1 Å². The summed E-state index contributed by atoms with van der Waals surface area (Å²) in [5.41, 5.74) is 1.19. The summed E-state index contributed by atoms with van der Waals surface area (Å²) in [6.45, 7) is 9.70. The van der Waals surface area contributed by atoms with Crippen LogP contribution in [0.1, 0.15) is 45.9 Å². The Bertz CT molecular complexity index is 278. The van der Waals surface area contributed by atoms with Gasteiger partial charge in [-0.15, -0.1) is 0 Å². The Labute approximate surface area is 92.9 Å². The number of rotatable bonds is 6. The average molecular weight is 209 g/mol. The fourth-order valence-corrected chi connectivity index (χ4v) is 1.68. The minimum Gasteiger partial charge on any atom is -0.314 e. The van der Waals surface area contributed by atoms with Crippen molar-refractivity contribution in [1.29, 1.82) is 0 Å². The van der Waals surface area contributed by atoms with Gasteiger partial charge in [-0.2, -0.15) is 5.10 Å². The van der Waals surface area contributed by atoms with Crippen molar-refractivity contribution in [3.05, 3.63) is 18.0 Å². The van der Waals surface area contributed by atoms with Gasteiger partial charge >= 0.3 is 0 Å². The van der Waals surface area contributed by atoms with E-state index in [1.807, 2.05) is 4.68 Å². The van der Waals surface area contributed by atoms with Crippen molar-refractivity contribution >= 4 is 0 Å². The van der Waals surface area contributed by atoms with E-state index >= 15 is 0 Å². The second-order valence-electron chi connectivity index (χ2n) is 4.25. The molecule has 3 nitrogen and oxygen atoms in total. The molecule has 0 saturated heterocycles. The first kappa shape index (κ1) is 12.2. The van der Waals surface area contributed by atoms with Crippen LogP contribution in [0.5, 0.6) is 0 Å². The van der Waals surface area contributed by atoms with Gasteiger partial charge in [0.2, 0.25) is 0 Å². The van der Waals surface area contributed by atoms with E-state index in [0.717, 1.165) is 19.4 Å². The molecule has 1 aromatic heterocycles. The maximum atomic E-state index is 4.56. The third-order valence-electron chi connectivity index (χ3n) is 2.63. The summed E-state index contributed by atoms with van der Waals surface area (Å²) in [6, 6.07) is 3.14. The number of nitrogens with zero attached hydrogens (tertiary/aromatic N) is 2. The zero-order valence-corrected chi connectivity index (χ0v) is 10.3. The van der Waals surface area contributed by atoms with Crippen LogP contribution in [0.4, 0.5) is 0 Å². The maximum absolute atomic E-state index is 4.56. The van der Waals surface area contributed by atoms with Gasteiger partial charge in [-0.3, -0.25) is 4.68 Å². The molecule has 3 heteroatoms. The van der Waals surface area contributed by atoms with Gasteiger partial charge in [0.25, 0.3) is 0 Å². The van der Waals surface area contributed by atoms with Gasteiger partial charge in [-0.25, -0.2) is 0 Å². The molecule has 0 amide bonds. The molecule has 0 aliphatic carbocycles. The van der Waals surface area contributed by atoms with Gasteiger partial charge in [0, 0.05) is 24.7 Å². The molecule has 1 N–H and O–H groups in total. The van der Waals surface area contributed by atoms with Crippen molar-refractivity contribution in [1.82, 2.24) is 15.1 Å². The Morgan fingerprint density at radius 3 is 2.60 bits per heavy atom. The van der Waals surface area contributed by atoms with E-state index < -0.39 is 0 Å². The Morgan fingerprint density at radius 1 is 1.40 bits per heavy atom. The molecule has 0 radical (unpaired) electrons. The van der Waals surface area contributed by atoms with Crippen LogP contribution in [-0.2, 0) is 6.42 Å². The Hall–Kier alpha value is -0.830. The molecule has 0 saturated carbocycles. The van der Waals surface area contributed by atoms with Crippen molar-refractivity contribution in [3.63, 3.8) is 0 Å². The van der Waals surface area contributed by atoms with Crippen LogP contribution >= 0.6 is 0 Å². The quantitative estimate of drug-likeness (QED) is 0.779. The summed E-state index contributed by atoms with van der Waals surface area (Å²) in [6.07, 6.45) is 4.26. The number of nitrogens with one attached hydrogen (secondary N) is 1. The third kappa shape index (κ3) is 3.67. The first-order valence-electron chi connectivity index (χ1n) is 5.94. The van der Waals surface area contributed by atoms with Crippen molar-refractivity contribution in [2.45, 2.75) is 52.6 Å². The van der Waals surface area contributed by atoms with Crippen LogP contribution in [0, 0.1) is 0 Å². The lowest BCUT2D eigenvalue weighted by atomic mass is 10.1. The highest BCUT2D eigenvalue weighted by Gasteiger charge is 2.08. The largest absolute Gasteiger partial charge is 0.314 e. The molecule has 86 valence electrons. The highest BCUT2D eigenvalue weighted by Crippen LogP contribution is 2.07. The molecule has 1 unspecified atom stereocenters. The van der Waals surface area contributed by atoms with Gasteiger partial charge in [0.1, 0.15) is 0 Å². The van der Waals surface area contributed by atoms with Crippen molar-refractivity contribution in [3.8, 4) is 0 Å². The van der Waals surface area contributed by atoms with Crippen LogP contribution in [-0.4, -0.2) is 22.4 Å². The molecular formula is C12H23N3. The van der Waals surface area contributed by atoms with E-state index in [1.165, 1.54) is 5.69 Å². The van der Waals surface area contributed by atoms with Crippen LogP contribution in [0.25, 0.3) is 0 Å². The molecule has 0 spiro atoms. The van der Waals surface area contributed by atoms with E-state index in [-0.39, 0.29) is 0 Å². The lowest BCUT2D eigenvalue weighted by Crippen LogP contribution is -2.30. The summed E-state index contributed by atoms with van der Waals surface area (Å²) < 4.78 is 2.02. The minimum atomic E-state index is 0.456. The number of likely N-dealkylation sites (N-methyl/N-ethyl adjacent to an activating group) is 1. The normalized spacial score (nSPS) is 13.4. The molecule has 1 aromatic rings. The third-order valence-corrected chi connectivity index (χ3v) is 2.63. The van der Waals surface area contributed by atoms with E-state index in [9.17, 15) is 0 Å². The predicted octanol–water partition coefficient (Wildman–Crippen LogP) is 2.39. The highest BCUT2D eigenvalue weighted by molar-refractivity contribution is 5.02. The van der Waals surface area contributed by atoms with Crippen molar-refractivity contribution < 1.29 is 0 Å². The number of hydrogen-bond donors (Lipinski definition) is 1. The summed E-state index contributed by atoms with van der Waals surface area (Å²) in [4.78, 5) is 0. The van der Waals surface area contributed by atoms with E-state index in [2.05, 4.69) is 50.4 Å². The summed E-state index contributed by atoms with van der Waals surface area (Å²) in [7, 11) is 0. The molecule has 15 heavy (non-hydrogen) atoms. The monoisotopic (exact) mass is 209 g/mol. The lowest BCUT2D eigenvalue weighted by molar-refractivity contribution is 0.488. The first-order valence-corrected chi connectivity index (χ1v) is 5.94. The topological polar surface area (TPSA) is 29.9 Å². The standard InChI is InChI=1S/C12H23N3/c1-5-11(13-6-2)9-12-7-8-15(14-12)10(3)4/h7-8,10-11,13H,5-6,9H2,1-4H3. The van der Waals surface area contributed by atoms with Gasteiger partial charge in [0.15, 0.2) is 0 Å². The predicted molar refractivity (Wildman–Crippen MR) is 64.1 cm³/mol. The SMILES string of the molecule is CCNC(CC)Cc1ccn(C(C)C)n1. The smallest absolute Gasteiger partial charge is 0.0640 e. The van der Waals surface area contributed by atoms with Crippen LogP contribution in [0.15, 0.2) is 12.3 Å². The van der Waals surface area contributed by atoms with Gasteiger partial charge in [0.05, 0.1) is 5.69 Å². The molecule has 0 aromatic carbocycles. The Kier molecular flexibility index (Phi) is 4.82. The van der Waals surface area contributed by atoms with Crippen LogP contribution in [0.3, 0.4) is 0 Å². The zero-order valence-electron chi connectivity index (χ0n) is 10.3. The minimum absolute atomic E-state index is 0.456. The van der Waals surface area contributed by atoms with Gasteiger partial charge in [-0.1, -0.05) is 13.8 Å². The Balaban J connectivity index is 2.55. The van der Waals surface area contributed by atoms with Crippen LogP contribution < -0.4 is 5.32 Å². The van der Waals surface area contributed by atoms with Crippen LogP contribution in [0.2, 0.25) is 0 Å². The van der Waals surface area contributed by atoms with Gasteiger partial charge in [-0.05, 0) is 32.9 Å². The molecule has 0 bridgehead atoms. The second kappa shape index (κ2) is 5.91. The zero-order chi connectivity index (χ0) is 11.3. The molecule has 1 heterocycles. The molecule has 1 rings (SSSR count). The van der Waals surface area contributed by atoms with Crippen molar-refractivity contribution in [2.24, 2.45) is 0 Å². The fourth-order valence-electron chi connectivity index (χ4n) is 1.68. The fraction of sp³-hybridized carbons (Fsp3) is 0.750. The molecule has 1 atom stereocenters. The van der Waals surface area contributed by atoms with Gasteiger partial charge < -0.3 is 5.32 Å². The lowest BCUT2D eigenvalue weighted by Gasteiger charge is -2.14. The summed E-state index contributed by atoms with van der Waals surface area (Å²) in [5, 5.41) is 8.03. The van der Waals surface area contributed by atoms with E-state index in [1.54, 1.807) is 0 Å². The second-order valence-corrected chi connectivity index (χ2v) is 4.25. The molecule has 0 aliphatic heterocycles. The average Bonchev–Trinajstić information content (AvgIpc) is 2.65. The molecule has 0 aliphatic rings. The first-order chi connectivity index (χ1) is 7.17. The summed E-state index contributed by atoms with van der Waals surface area (Å²) in [5.74, 6) is 0. The van der Waals surface area contributed by atoms with E-state index in [4.69, 9.17) is 0 Å². The maximum Gasteiger partial charge on any atom is 0.0640 e. The Morgan fingerprint density at radius 2 is 2.13 bits per heavy atom.